The monoisotopic (exact) mass is 339 g/mol. The Morgan fingerprint density at radius 3 is 2.60 bits per heavy atom. The molecule has 0 saturated carbocycles. The van der Waals surface area contributed by atoms with Gasteiger partial charge in [0.25, 0.3) is 0 Å². The highest BCUT2D eigenvalue weighted by atomic mass is 79.9. The first kappa shape index (κ1) is 14.9. The molecule has 0 fully saturated rings. The molecule has 1 heterocycles. The van der Waals surface area contributed by atoms with Gasteiger partial charge < -0.3 is 10.1 Å². The predicted octanol–water partition coefficient (Wildman–Crippen LogP) is 3.67. The van der Waals surface area contributed by atoms with Gasteiger partial charge in [-0.3, -0.25) is 0 Å². The third-order valence-electron chi connectivity index (χ3n) is 2.50. The van der Waals surface area contributed by atoms with E-state index < -0.39 is 0 Å². The van der Waals surface area contributed by atoms with Crippen LogP contribution in [0.1, 0.15) is 19.4 Å². The van der Waals surface area contributed by atoms with Crippen LogP contribution in [-0.2, 0) is 6.54 Å². The molecule has 0 aliphatic carbocycles. The molecule has 0 unspecified atom stereocenters. The van der Waals surface area contributed by atoms with Crippen molar-refractivity contribution in [3.63, 3.8) is 0 Å². The summed E-state index contributed by atoms with van der Waals surface area (Å²) in [7, 11) is 0. The number of nitrogens with one attached hydrogen (secondary N) is 1. The first-order chi connectivity index (χ1) is 9.54. The van der Waals surface area contributed by atoms with Crippen LogP contribution in [0.5, 0.6) is 11.8 Å². The van der Waals surface area contributed by atoms with Gasteiger partial charge in [-0.15, -0.1) is 0 Å². The van der Waals surface area contributed by atoms with Gasteiger partial charge in [-0.25, -0.2) is 14.4 Å². The molecular formula is C14H15BrFN3O. The highest BCUT2D eigenvalue weighted by molar-refractivity contribution is 9.10. The van der Waals surface area contributed by atoms with Crippen LogP contribution in [0, 0.1) is 5.82 Å². The Morgan fingerprint density at radius 2 is 2.00 bits per heavy atom. The molecule has 2 aromatic rings. The second-order valence-electron chi connectivity index (χ2n) is 4.59. The van der Waals surface area contributed by atoms with Gasteiger partial charge in [-0.1, -0.05) is 13.8 Å². The number of halogens is 2. The van der Waals surface area contributed by atoms with E-state index in [1.54, 1.807) is 24.5 Å². The summed E-state index contributed by atoms with van der Waals surface area (Å²) in [5.74, 6) is -0.0287. The molecule has 106 valence electrons. The van der Waals surface area contributed by atoms with E-state index in [4.69, 9.17) is 4.74 Å². The normalized spacial score (nSPS) is 10.8. The Bertz CT molecular complexity index is 575. The Balaban J connectivity index is 2.01. The van der Waals surface area contributed by atoms with Crippen LogP contribution in [0.3, 0.4) is 0 Å². The third kappa shape index (κ3) is 4.25. The smallest absolute Gasteiger partial charge is 0.321 e. The number of hydrogen-bond acceptors (Lipinski definition) is 4. The zero-order chi connectivity index (χ0) is 14.5. The maximum atomic E-state index is 13.3. The lowest BCUT2D eigenvalue weighted by atomic mass is 10.3. The fraction of sp³-hybridized carbons (Fsp3) is 0.286. The minimum absolute atomic E-state index is 0.194. The Labute approximate surface area is 125 Å². The predicted molar refractivity (Wildman–Crippen MR) is 78.2 cm³/mol. The topological polar surface area (TPSA) is 47.0 Å². The van der Waals surface area contributed by atoms with Crippen molar-refractivity contribution < 1.29 is 9.13 Å². The summed E-state index contributed by atoms with van der Waals surface area (Å²) in [6.07, 6.45) is 3.37. The molecule has 0 bridgehead atoms. The third-order valence-corrected chi connectivity index (χ3v) is 3.14. The number of hydrogen-bond donors (Lipinski definition) is 1. The standard InChI is InChI=1S/C14H15BrFN3O/c1-9(2)17-6-10-7-18-14(19-8-10)20-11-3-4-12(15)13(16)5-11/h3-5,7-9,17H,6H2,1-2H3. The van der Waals surface area contributed by atoms with Crippen molar-refractivity contribution in [3.05, 3.63) is 46.4 Å². The van der Waals surface area contributed by atoms with E-state index in [0.29, 0.717) is 22.8 Å². The Morgan fingerprint density at radius 1 is 1.30 bits per heavy atom. The molecule has 0 spiro atoms. The van der Waals surface area contributed by atoms with Crippen LogP contribution in [0.15, 0.2) is 35.1 Å². The highest BCUT2D eigenvalue weighted by Gasteiger charge is 2.05. The molecule has 2 rings (SSSR count). The van der Waals surface area contributed by atoms with Crippen molar-refractivity contribution >= 4 is 15.9 Å². The summed E-state index contributed by atoms with van der Waals surface area (Å²) in [5.41, 5.74) is 0.966. The molecule has 1 aromatic carbocycles. The fourth-order valence-electron chi connectivity index (χ4n) is 1.45. The first-order valence-electron chi connectivity index (χ1n) is 6.22. The lowest BCUT2D eigenvalue weighted by molar-refractivity contribution is 0.436. The van der Waals surface area contributed by atoms with Crippen molar-refractivity contribution in [1.29, 1.82) is 0 Å². The molecule has 0 aliphatic rings. The van der Waals surface area contributed by atoms with Gasteiger partial charge in [0.15, 0.2) is 0 Å². The average Bonchev–Trinajstić information content (AvgIpc) is 2.42. The van der Waals surface area contributed by atoms with Crippen LogP contribution in [0.2, 0.25) is 0 Å². The Kier molecular flexibility index (Phi) is 5.03. The van der Waals surface area contributed by atoms with Gasteiger partial charge in [-0.2, -0.15) is 0 Å². The number of ether oxygens (including phenoxy) is 1. The van der Waals surface area contributed by atoms with Crippen LogP contribution in [0.4, 0.5) is 4.39 Å². The number of aromatic nitrogens is 2. The number of nitrogens with zero attached hydrogens (tertiary/aromatic N) is 2. The fourth-order valence-corrected chi connectivity index (χ4v) is 1.70. The first-order valence-corrected chi connectivity index (χ1v) is 7.01. The zero-order valence-electron chi connectivity index (χ0n) is 11.2. The van der Waals surface area contributed by atoms with Crippen molar-refractivity contribution in [1.82, 2.24) is 15.3 Å². The van der Waals surface area contributed by atoms with Gasteiger partial charge >= 0.3 is 6.01 Å². The zero-order valence-corrected chi connectivity index (χ0v) is 12.8. The highest BCUT2D eigenvalue weighted by Crippen LogP contribution is 2.23. The maximum absolute atomic E-state index is 13.3. The van der Waals surface area contributed by atoms with E-state index in [9.17, 15) is 4.39 Å². The summed E-state index contributed by atoms with van der Waals surface area (Å²) in [6.45, 7) is 4.84. The molecular weight excluding hydrogens is 325 g/mol. The largest absolute Gasteiger partial charge is 0.424 e. The molecule has 4 nitrogen and oxygen atoms in total. The summed E-state index contributed by atoms with van der Waals surface area (Å²) in [6, 6.07) is 5.09. The summed E-state index contributed by atoms with van der Waals surface area (Å²) in [5, 5.41) is 3.27. The van der Waals surface area contributed by atoms with Crippen LogP contribution in [-0.4, -0.2) is 16.0 Å². The van der Waals surface area contributed by atoms with Crippen LogP contribution < -0.4 is 10.1 Å². The average molecular weight is 340 g/mol. The van der Waals surface area contributed by atoms with Crippen molar-refractivity contribution in [3.8, 4) is 11.8 Å². The second kappa shape index (κ2) is 6.76. The summed E-state index contributed by atoms with van der Waals surface area (Å²) < 4.78 is 19.1. The van der Waals surface area contributed by atoms with Crippen LogP contribution in [0.25, 0.3) is 0 Å². The van der Waals surface area contributed by atoms with Crippen molar-refractivity contribution in [2.24, 2.45) is 0 Å². The molecule has 1 aromatic heterocycles. The molecule has 20 heavy (non-hydrogen) atoms. The SMILES string of the molecule is CC(C)NCc1cnc(Oc2ccc(Br)c(F)c2)nc1. The summed E-state index contributed by atoms with van der Waals surface area (Å²) >= 11 is 3.08. The van der Waals surface area contributed by atoms with Gasteiger partial charge in [0.2, 0.25) is 0 Å². The van der Waals surface area contributed by atoms with E-state index in [1.165, 1.54) is 6.07 Å². The van der Waals surface area contributed by atoms with Crippen LogP contribution >= 0.6 is 15.9 Å². The van der Waals surface area contributed by atoms with E-state index >= 15 is 0 Å². The Hall–Kier alpha value is -1.53. The van der Waals surface area contributed by atoms with Gasteiger partial charge in [0.05, 0.1) is 4.47 Å². The number of rotatable bonds is 5. The molecule has 0 amide bonds. The van der Waals surface area contributed by atoms with Crippen molar-refractivity contribution in [2.75, 3.05) is 0 Å². The number of benzene rings is 1. The molecule has 0 atom stereocenters. The lowest BCUT2D eigenvalue weighted by Crippen LogP contribution is -2.21. The van der Waals surface area contributed by atoms with E-state index in [1.807, 2.05) is 0 Å². The molecule has 1 N–H and O–H groups in total. The molecule has 0 radical (unpaired) electrons. The van der Waals surface area contributed by atoms with E-state index in [2.05, 4.69) is 45.1 Å². The molecule has 6 heteroatoms. The second-order valence-corrected chi connectivity index (χ2v) is 5.44. The molecule has 0 aliphatic heterocycles. The minimum atomic E-state index is -0.389. The minimum Gasteiger partial charge on any atom is -0.424 e. The lowest BCUT2D eigenvalue weighted by Gasteiger charge is -2.08. The summed E-state index contributed by atoms with van der Waals surface area (Å²) in [4.78, 5) is 8.19. The van der Waals surface area contributed by atoms with E-state index in [-0.39, 0.29) is 11.8 Å². The maximum Gasteiger partial charge on any atom is 0.321 e. The van der Waals surface area contributed by atoms with Gasteiger partial charge in [-0.05, 0) is 28.1 Å². The quantitative estimate of drug-likeness (QED) is 0.902. The van der Waals surface area contributed by atoms with Crippen molar-refractivity contribution in [2.45, 2.75) is 26.4 Å². The van der Waals surface area contributed by atoms with Gasteiger partial charge in [0, 0.05) is 36.6 Å². The van der Waals surface area contributed by atoms with E-state index in [0.717, 1.165) is 5.56 Å². The van der Waals surface area contributed by atoms with Gasteiger partial charge in [0.1, 0.15) is 11.6 Å². The molecule has 0 saturated heterocycles.